The van der Waals surface area contributed by atoms with Crippen LogP contribution in [-0.2, 0) is 18.9 Å². The van der Waals surface area contributed by atoms with Crippen molar-refractivity contribution in [2.75, 3.05) is 59.9 Å². The van der Waals surface area contributed by atoms with Gasteiger partial charge in [0.15, 0.2) is 0 Å². The third kappa shape index (κ3) is 15.8. The molecule has 0 amide bonds. The van der Waals surface area contributed by atoms with Gasteiger partial charge in [-0.25, -0.2) is 0 Å². The van der Waals surface area contributed by atoms with Gasteiger partial charge in [0, 0.05) is 19.2 Å². The molecule has 0 heterocycles. The minimum absolute atomic E-state index is 0.130. The maximum Gasteiger partial charge on any atom is 0.101 e. The molecule has 0 saturated heterocycles. The van der Waals surface area contributed by atoms with Crippen LogP contribution in [0, 0.1) is 0 Å². The normalized spacial score (nSPS) is 13.7. The van der Waals surface area contributed by atoms with E-state index in [0.717, 1.165) is 6.54 Å². The molecule has 0 saturated carbocycles. The lowest BCUT2D eigenvalue weighted by Crippen LogP contribution is -2.38. The number of hydrogen-bond acceptors (Lipinski definition) is 6. The number of aliphatic hydroxyl groups is 1. The number of methoxy groups -OCH3 is 1. The standard InChI is InChI=1S/C14H31NO5/c1-14(2,3)15-5-6-18-7-8-19-9-10-20-12-13(16)11-17-4/h13,15-16H,5-12H2,1-4H3. The quantitative estimate of drug-likeness (QED) is 0.480. The predicted molar refractivity (Wildman–Crippen MR) is 78.1 cm³/mol. The lowest BCUT2D eigenvalue weighted by molar-refractivity contribution is -0.0290. The largest absolute Gasteiger partial charge is 0.388 e. The minimum atomic E-state index is -0.571. The van der Waals surface area contributed by atoms with Crippen molar-refractivity contribution < 1.29 is 24.1 Å². The SMILES string of the molecule is COCC(O)COCCOCCOCCNC(C)(C)C. The fourth-order valence-electron chi connectivity index (χ4n) is 1.40. The number of rotatable bonds is 13. The van der Waals surface area contributed by atoms with Gasteiger partial charge in [-0.3, -0.25) is 0 Å². The summed E-state index contributed by atoms with van der Waals surface area (Å²) in [4.78, 5) is 0. The second-order valence-electron chi connectivity index (χ2n) is 5.59. The lowest BCUT2D eigenvalue weighted by Gasteiger charge is -2.20. The van der Waals surface area contributed by atoms with Crippen molar-refractivity contribution in [1.29, 1.82) is 0 Å². The molecule has 0 aliphatic rings. The molecule has 6 nitrogen and oxygen atoms in total. The second-order valence-corrected chi connectivity index (χ2v) is 5.59. The molecule has 20 heavy (non-hydrogen) atoms. The Balaban J connectivity index is 3.10. The van der Waals surface area contributed by atoms with Gasteiger partial charge in [0.2, 0.25) is 0 Å². The summed E-state index contributed by atoms with van der Waals surface area (Å²) in [7, 11) is 1.54. The maximum atomic E-state index is 9.31. The van der Waals surface area contributed by atoms with Crippen LogP contribution in [0.5, 0.6) is 0 Å². The summed E-state index contributed by atoms with van der Waals surface area (Å²) in [5.74, 6) is 0. The van der Waals surface area contributed by atoms with Gasteiger partial charge in [-0.05, 0) is 20.8 Å². The van der Waals surface area contributed by atoms with Crippen molar-refractivity contribution in [1.82, 2.24) is 5.32 Å². The first-order valence-corrected chi connectivity index (χ1v) is 7.11. The Kier molecular flexibility index (Phi) is 12.3. The second kappa shape index (κ2) is 12.5. The van der Waals surface area contributed by atoms with Crippen LogP contribution >= 0.6 is 0 Å². The molecule has 6 heteroatoms. The van der Waals surface area contributed by atoms with Gasteiger partial charge >= 0.3 is 0 Å². The fourth-order valence-corrected chi connectivity index (χ4v) is 1.40. The Hall–Kier alpha value is -0.240. The Morgan fingerprint density at radius 3 is 2.00 bits per heavy atom. The molecular weight excluding hydrogens is 262 g/mol. The molecule has 1 atom stereocenters. The highest BCUT2D eigenvalue weighted by atomic mass is 16.5. The van der Waals surface area contributed by atoms with Crippen LogP contribution in [0.1, 0.15) is 20.8 Å². The van der Waals surface area contributed by atoms with Crippen molar-refractivity contribution in [2.24, 2.45) is 0 Å². The van der Waals surface area contributed by atoms with Crippen LogP contribution in [0.3, 0.4) is 0 Å². The summed E-state index contributed by atoms with van der Waals surface area (Å²) >= 11 is 0. The van der Waals surface area contributed by atoms with Crippen molar-refractivity contribution in [2.45, 2.75) is 32.4 Å². The van der Waals surface area contributed by atoms with Crippen LogP contribution in [0.2, 0.25) is 0 Å². The first-order chi connectivity index (χ1) is 9.45. The first kappa shape index (κ1) is 19.8. The van der Waals surface area contributed by atoms with E-state index < -0.39 is 6.10 Å². The summed E-state index contributed by atoms with van der Waals surface area (Å²) in [6.07, 6.45) is -0.571. The van der Waals surface area contributed by atoms with E-state index in [1.165, 1.54) is 0 Å². The summed E-state index contributed by atoms with van der Waals surface area (Å²) in [6.45, 7) is 10.6. The Morgan fingerprint density at radius 2 is 1.45 bits per heavy atom. The molecule has 0 aliphatic heterocycles. The molecule has 0 bridgehead atoms. The topological polar surface area (TPSA) is 69.2 Å². The predicted octanol–water partition coefficient (Wildman–Crippen LogP) is 0.432. The highest BCUT2D eigenvalue weighted by molar-refractivity contribution is 4.69. The zero-order valence-corrected chi connectivity index (χ0v) is 13.3. The van der Waals surface area contributed by atoms with Crippen molar-refractivity contribution in [3.63, 3.8) is 0 Å². The molecule has 0 aromatic carbocycles. The molecule has 0 rings (SSSR count). The Labute approximate surface area is 122 Å². The molecule has 0 radical (unpaired) electrons. The summed E-state index contributed by atoms with van der Waals surface area (Å²) in [5, 5.41) is 12.7. The molecule has 122 valence electrons. The van der Waals surface area contributed by atoms with Gasteiger partial charge in [-0.2, -0.15) is 0 Å². The number of nitrogens with one attached hydrogen (secondary N) is 1. The Morgan fingerprint density at radius 1 is 0.900 bits per heavy atom. The molecule has 0 aromatic heterocycles. The molecule has 2 N–H and O–H groups in total. The van der Waals surface area contributed by atoms with Crippen LogP contribution < -0.4 is 5.32 Å². The number of ether oxygens (including phenoxy) is 4. The third-order valence-corrected chi connectivity index (χ3v) is 2.32. The van der Waals surface area contributed by atoms with Gasteiger partial charge in [0.05, 0.1) is 46.2 Å². The molecular formula is C14H31NO5. The van der Waals surface area contributed by atoms with E-state index in [-0.39, 0.29) is 18.8 Å². The van der Waals surface area contributed by atoms with E-state index in [1.807, 2.05) is 0 Å². The average molecular weight is 293 g/mol. The van der Waals surface area contributed by atoms with E-state index in [1.54, 1.807) is 7.11 Å². The van der Waals surface area contributed by atoms with Gasteiger partial charge in [-0.1, -0.05) is 0 Å². The summed E-state index contributed by atoms with van der Waals surface area (Å²) < 4.78 is 20.8. The van der Waals surface area contributed by atoms with E-state index in [0.29, 0.717) is 33.0 Å². The van der Waals surface area contributed by atoms with Gasteiger partial charge < -0.3 is 29.4 Å². The fraction of sp³-hybridized carbons (Fsp3) is 1.00. The zero-order valence-electron chi connectivity index (χ0n) is 13.3. The van der Waals surface area contributed by atoms with Crippen LogP contribution in [0.25, 0.3) is 0 Å². The number of hydrogen-bond donors (Lipinski definition) is 2. The average Bonchev–Trinajstić information content (AvgIpc) is 2.35. The summed E-state index contributed by atoms with van der Waals surface area (Å²) in [5.41, 5.74) is 0.130. The van der Waals surface area contributed by atoms with E-state index in [9.17, 15) is 5.11 Å². The molecule has 1 unspecified atom stereocenters. The molecule has 0 aliphatic carbocycles. The van der Waals surface area contributed by atoms with E-state index in [4.69, 9.17) is 18.9 Å². The summed E-state index contributed by atoms with van der Waals surface area (Å²) in [6, 6.07) is 0. The van der Waals surface area contributed by atoms with Crippen molar-refractivity contribution in [3.05, 3.63) is 0 Å². The highest BCUT2D eigenvalue weighted by Crippen LogP contribution is 1.96. The van der Waals surface area contributed by atoms with Crippen LogP contribution in [0.15, 0.2) is 0 Å². The van der Waals surface area contributed by atoms with Gasteiger partial charge in [0.1, 0.15) is 6.10 Å². The lowest BCUT2D eigenvalue weighted by atomic mass is 10.1. The van der Waals surface area contributed by atoms with Crippen molar-refractivity contribution >= 4 is 0 Å². The molecule has 0 fully saturated rings. The number of aliphatic hydroxyl groups excluding tert-OH is 1. The van der Waals surface area contributed by atoms with Gasteiger partial charge in [-0.15, -0.1) is 0 Å². The highest BCUT2D eigenvalue weighted by Gasteiger charge is 2.07. The van der Waals surface area contributed by atoms with Crippen molar-refractivity contribution in [3.8, 4) is 0 Å². The third-order valence-electron chi connectivity index (χ3n) is 2.32. The molecule has 0 aromatic rings. The van der Waals surface area contributed by atoms with Gasteiger partial charge in [0.25, 0.3) is 0 Å². The Bertz CT molecular complexity index is 208. The monoisotopic (exact) mass is 293 g/mol. The van der Waals surface area contributed by atoms with Crippen LogP contribution in [-0.4, -0.2) is 76.7 Å². The molecule has 0 spiro atoms. The van der Waals surface area contributed by atoms with E-state index in [2.05, 4.69) is 26.1 Å². The van der Waals surface area contributed by atoms with E-state index >= 15 is 0 Å². The van der Waals surface area contributed by atoms with Crippen LogP contribution in [0.4, 0.5) is 0 Å². The smallest absolute Gasteiger partial charge is 0.101 e. The minimum Gasteiger partial charge on any atom is -0.388 e. The maximum absolute atomic E-state index is 9.31. The first-order valence-electron chi connectivity index (χ1n) is 7.11. The zero-order chi connectivity index (χ0) is 15.3.